The van der Waals surface area contributed by atoms with E-state index in [1.165, 1.54) is 0 Å². The summed E-state index contributed by atoms with van der Waals surface area (Å²) in [4.78, 5) is 17.1. The normalized spacial score (nSPS) is 22.8. The first kappa shape index (κ1) is 17.0. The van der Waals surface area contributed by atoms with E-state index in [4.69, 9.17) is 9.47 Å². The van der Waals surface area contributed by atoms with Gasteiger partial charge in [0.05, 0.1) is 0 Å². The molecule has 1 aromatic rings. The molecule has 0 radical (unpaired) electrons. The number of likely N-dealkylation sites (N-methyl/N-ethyl adjacent to an activating group) is 1. The van der Waals surface area contributed by atoms with E-state index in [2.05, 4.69) is 29.1 Å². The van der Waals surface area contributed by atoms with Crippen molar-refractivity contribution in [2.24, 2.45) is 5.92 Å². The molecule has 0 aliphatic carbocycles. The van der Waals surface area contributed by atoms with Gasteiger partial charge in [0.2, 0.25) is 6.10 Å². The minimum atomic E-state index is -0.573. The van der Waals surface area contributed by atoms with Gasteiger partial charge in [0.1, 0.15) is 6.61 Å². The highest BCUT2D eigenvalue weighted by atomic mass is 16.6. The van der Waals surface area contributed by atoms with Crippen LogP contribution < -0.4 is 14.8 Å². The fraction of sp³-hybridized carbons (Fsp3) is 0.611. The van der Waals surface area contributed by atoms with Crippen molar-refractivity contribution in [3.63, 3.8) is 0 Å². The summed E-state index contributed by atoms with van der Waals surface area (Å²) in [6.07, 6.45) is -0.573. The molecule has 132 valence electrons. The smallest absolute Gasteiger partial charge is 0.264 e. The standard InChI is InChI=1S/C18H27N3O3/c1-14(12-21-9-7-20(2)8-10-21)11-19-18(22)17-13-23-15-5-3-4-6-16(15)24-17/h3-6,14,17H,7-13H2,1-2H3,(H,19,22). The molecule has 6 heteroatoms. The zero-order valence-corrected chi connectivity index (χ0v) is 14.5. The van der Waals surface area contributed by atoms with Crippen LogP contribution in [0.15, 0.2) is 24.3 Å². The third-order valence-electron chi connectivity index (χ3n) is 4.59. The van der Waals surface area contributed by atoms with E-state index in [9.17, 15) is 4.79 Å². The number of hydrogen-bond acceptors (Lipinski definition) is 5. The highest BCUT2D eigenvalue weighted by Crippen LogP contribution is 2.30. The van der Waals surface area contributed by atoms with Gasteiger partial charge >= 0.3 is 0 Å². The maximum atomic E-state index is 12.3. The van der Waals surface area contributed by atoms with Crippen molar-refractivity contribution < 1.29 is 14.3 Å². The van der Waals surface area contributed by atoms with Gasteiger partial charge in [0, 0.05) is 39.3 Å². The Morgan fingerprint density at radius 3 is 2.71 bits per heavy atom. The van der Waals surface area contributed by atoms with Crippen LogP contribution >= 0.6 is 0 Å². The zero-order chi connectivity index (χ0) is 16.9. The fourth-order valence-corrected chi connectivity index (χ4v) is 3.07. The van der Waals surface area contributed by atoms with E-state index < -0.39 is 6.10 Å². The number of ether oxygens (including phenoxy) is 2. The lowest BCUT2D eigenvalue weighted by Crippen LogP contribution is -2.48. The number of nitrogens with zero attached hydrogens (tertiary/aromatic N) is 2. The van der Waals surface area contributed by atoms with Crippen LogP contribution in [0, 0.1) is 5.92 Å². The van der Waals surface area contributed by atoms with Crippen molar-refractivity contribution in [2.75, 3.05) is 52.9 Å². The predicted octanol–water partition coefficient (Wildman–Crippen LogP) is 0.826. The van der Waals surface area contributed by atoms with E-state index in [1.807, 2.05) is 24.3 Å². The summed E-state index contributed by atoms with van der Waals surface area (Å²) in [5.41, 5.74) is 0. The molecule has 2 aliphatic heterocycles. The monoisotopic (exact) mass is 333 g/mol. The maximum Gasteiger partial charge on any atom is 0.264 e. The number of para-hydroxylation sites is 2. The molecule has 1 aromatic carbocycles. The van der Waals surface area contributed by atoms with Crippen molar-refractivity contribution >= 4 is 5.91 Å². The van der Waals surface area contributed by atoms with Crippen LogP contribution in [0.5, 0.6) is 11.5 Å². The molecule has 24 heavy (non-hydrogen) atoms. The van der Waals surface area contributed by atoms with Crippen LogP contribution in [0.4, 0.5) is 0 Å². The number of fused-ring (bicyclic) bond motifs is 1. The lowest BCUT2D eigenvalue weighted by molar-refractivity contribution is -0.130. The van der Waals surface area contributed by atoms with E-state index in [0.29, 0.717) is 24.0 Å². The largest absolute Gasteiger partial charge is 0.485 e. The molecule has 2 aliphatic rings. The molecule has 0 bridgehead atoms. The first-order valence-corrected chi connectivity index (χ1v) is 8.69. The number of benzene rings is 1. The van der Waals surface area contributed by atoms with Crippen molar-refractivity contribution in [1.82, 2.24) is 15.1 Å². The predicted molar refractivity (Wildman–Crippen MR) is 92.5 cm³/mol. The Kier molecular flexibility index (Phi) is 5.58. The van der Waals surface area contributed by atoms with Crippen LogP contribution in [-0.2, 0) is 4.79 Å². The average molecular weight is 333 g/mol. The van der Waals surface area contributed by atoms with Crippen LogP contribution in [0.1, 0.15) is 6.92 Å². The lowest BCUT2D eigenvalue weighted by atomic mass is 10.1. The summed E-state index contributed by atoms with van der Waals surface area (Å²) >= 11 is 0. The topological polar surface area (TPSA) is 54.0 Å². The first-order chi connectivity index (χ1) is 11.6. The number of amides is 1. The van der Waals surface area contributed by atoms with Gasteiger partial charge in [0.15, 0.2) is 11.5 Å². The first-order valence-electron chi connectivity index (χ1n) is 8.69. The van der Waals surface area contributed by atoms with Gasteiger partial charge in [-0.3, -0.25) is 4.79 Å². The molecule has 2 heterocycles. The summed E-state index contributed by atoms with van der Waals surface area (Å²) in [5, 5.41) is 3.00. The molecular weight excluding hydrogens is 306 g/mol. The van der Waals surface area contributed by atoms with E-state index >= 15 is 0 Å². The van der Waals surface area contributed by atoms with Gasteiger partial charge in [-0.2, -0.15) is 0 Å². The van der Waals surface area contributed by atoms with Gasteiger partial charge in [0.25, 0.3) is 5.91 Å². The maximum absolute atomic E-state index is 12.3. The highest BCUT2D eigenvalue weighted by Gasteiger charge is 2.27. The Bertz CT molecular complexity index is 558. The molecule has 3 rings (SSSR count). The summed E-state index contributed by atoms with van der Waals surface area (Å²) in [6.45, 7) is 8.54. The van der Waals surface area contributed by atoms with E-state index in [0.717, 1.165) is 32.7 Å². The summed E-state index contributed by atoms with van der Waals surface area (Å²) in [7, 11) is 2.16. The molecule has 1 amide bonds. The molecule has 6 nitrogen and oxygen atoms in total. The Morgan fingerprint density at radius 1 is 1.25 bits per heavy atom. The molecular formula is C18H27N3O3. The number of nitrogens with one attached hydrogen (secondary N) is 1. The second-order valence-corrected chi connectivity index (χ2v) is 6.82. The summed E-state index contributed by atoms with van der Waals surface area (Å²) in [5.74, 6) is 1.64. The third-order valence-corrected chi connectivity index (χ3v) is 4.59. The van der Waals surface area contributed by atoms with Gasteiger partial charge in [-0.15, -0.1) is 0 Å². The minimum absolute atomic E-state index is 0.102. The molecule has 2 unspecified atom stereocenters. The van der Waals surface area contributed by atoms with E-state index in [-0.39, 0.29) is 12.5 Å². The zero-order valence-electron chi connectivity index (χ0n) is 14.5. The Balaban J connectivity index is 1.41. The molecule has 0 saturated carbocycles. The molecule has 2 atom stereocenters. The second-order valence-electron chi connectivity index (χ2n) is 6.82. The van der Waals surface area contributed by atoms with Gasteiger partial charge in [-0.25, -0.2) is 0 Å². The van der Waals surface area contributed by atoms with Gasteiger partial charge in [-0.1, -0.05) is 19.1 Å². The fourth-order valence-electron chi connectivity index (χ4n) is 3.07. The van der Waals surface area contributed by atoms with Crippen LogP contribution in [0.3, 0.4) is 0 Å². The van der Waals surface area contributed by atoms with Crippen molar-refractivity contribution in [3.8, 4) is 11.5 Å². The van der Waals surface area contributed by atoms with E-state index in [1.54, 1.807) is 0 Å². The number of carbonyl (C=O) groups excluding carboxylic acids is 1. The van der Waals surface area contributed by atoms with Gasteiger partial charge < -0.3 is 24.6 Å². The van der Waals surface area contributed by atoms with Crippen LogP contribution in [0.2, 0.25) is 0 Å². The molecule has 1 N–H and O–H groups in total. The molecule has 1 fully saturated rings. The molecule has 0 spiro atoms. The number of piperazine rings is 1. The second kappa shape index (κ2) is 7.85. The Hall–Kier alpha value is -1.79. The van der Waals surface area contributed by atoms with Crippen molar-refractivity contribution in [1.29, 1.82) is 0 Å². The Morgan fingerprint density at radius 2 is 1.96 bits per heavy atom. The van der Waals surface area contributed by atoms with Gasteiger partial charge in [-0.05, 0) is 25.1 Å². The van der Waals surface area contributed by atoms with Crippen molar-refractivity contribution in [3.05, 3.63) is 24.3 Å². The summed E-state index contributed by atoms with van der Waals surface area (Å²) < 4.78 is 11.3. The average Bonchev–Trinajstić information content (AvgIpc) is 2.61. The third kappa shape index (κ3) is 4.39. The minimum Gasteiger partial charge on any atom is -0.485 e. The van der Waals surface area contributed by atoms with Crippen LogP contribution in [-0.4, -0.2) is 74.7 Å². The molecule has 0 aromatic heterocycles. The number of rotatable bonds is 5. The lowest BCUT2D eigenvalue weighted by Gasteiger charge is -2.34. The van der Waals surface area contributed by atoms with Crippen LogP contribution in [0.25, 0.3) is 0 Å². The highest BCUT2D eigenvalue weighted by molar-refractivity contribution is 5.81. The SMILES string of the molecule is CC(CNC(=O)C1COc2ccccc2O1)CN1CCN(C)CC1. The number of carbonyl (C=O) groups is 1. The van der Waals surface area contributed by atoms with Crippen molar-refractivity contribution in [2.45, 2.75) is 13.0 Å². The number of hydrogen-bond donors (Lipinski definition) is 1. The Labute approximate surface area is 143 Å². The summed E-state index contributed by atoms with van der Waals surface area (Å²) in [6, 6.07) is 7.44. The molecule has 1 saturated heterocycles. The quantitative estimate of drug-likeness (QED) is 0.865.